The lowest BCUT2D eigenvalue weighted by atomic mass is 10.1. The van der Waals surface area contributed by atoms with E-state index < -0.39 is 6.04 Å². The lowest BCUT2D eigenvalue weighted by molar-refractivity contribution is -0.124. The molecular formula is C20H21ClN2O3. The molecule has 3 rings (SSSR count). The maximum Gasteiger partial charge on any atom is 0.258 e. The number of hydrogen-bond donors (Lipinski definition) is 0. The van der Waals surface area contributed by atoms with Gasteiger partial charge in [0.1, 0.15) is 11.8 Å². The van der Waals surface area contributed by atoms with Crippen LogP contribution in [-0.2, 0) is 4.79 Å². The van der Waals surface area contributed by atoms with Gasteiger partial charge in [-0.1, -0.05) is 23.7 Å². The zero-order valence-corrected chi connectivity index (χ0v) is 15.8. The van der Waals surface area contributed by atoms with Crippen LogP contribution in [0.3, 0.4) is 0 Å². The van der Waals surface area contributed by atoms with Crippen LogP contribution >= 0.6 is 11.6 Å². The smallest absolute Gasteiger partial charge is 0.258 e. The van der Waals surface area contributed by atoms with Gasteiger partial charge in [0.2, 0.25) is 5.91 Å². The Morgan fingerprint density at radius 3 is 2.62 bits per heavy atom. The predicted molar refractivity (Wildman–Crippen MR) is 102 cm³/mol. The predicted octanol–water partition coefficient (Wildman–Crippen LogP) is 3.53. The number of benzene rings is 2. The lowest BCUT2D eigenvalue weighted by Crippen LogP contribution is -2.58. The molecule has 1 heterocycles. The molecule has 1 saturated heterocycles. The van der Waals surface area contributed by atoms with Crippen molar-refractivity contribution >= 4 is 29.1 Å². The number of nitrogens with zero attached hydrogens (tertiary/aromatic N) is 2. The minimum atomic E-state index is -0.559. The molecule has 0 saturated carbocycles. The number of amides is 2. The minimum absolute atomic E-state index is 0.107. The van der Waals surface area contributed by atoms with Crippen molar-refractivity contribution in [2.45, 2.75) is 19.9 Å². The second kappa shape index (κ2) is 7.38. The molecule has 0 unspecified atom stereocenters. The second-order valence-corrected chi connectivity index (χ2v) is 6.73. The van der Waals surface area contributed by atoms with Gasteiger partial charge < -0.3 is 14.5 Å². The number of ether oxygens (including phenoxy) is 1. The lowest BCUT2D eigenvalue weighted by Gasteiger charge is -2.39. The summed E-state index contributed by atoms with van der Waals surface area (Å²) < 4.78 is 5.28. The quantitative estimate of drug-likeness (QED) is 0.828. The maximum atomic E-state index is 12.9. The normalized spacial score (nSPS) is 17.4. The van der Waals surface area contributed by atoms with Crippen LogP contribution in [0.25, 0.3) is 0 Å². The molecule has 0 N–H and O–H groups in total. The van der Waals surface area contributed by atoms with Crippen molar-refractivity contribution in [2.24, 2.45) is 0 Å². The van der Waals surface area contributed by atoms with Crippen LogP contribution < -0.4 is 9.64 Å². The van der Waals surface area contributed by atoms with E-state index >= 15 is 0 Å². The van der Waals surface area contributed by atoms with Crippen molar-refractivity contribution in [1.82, 2.24) is 4.90 Å². The van der Waals surface area contributed by atoms with Gasteiger partial charge in [0.25, 0.3) is 5.91 Å². The first kappa shape index (κ1) is 18.3. The number of methoxy groups -OCH3 is 1. The van der Waals surface area contributed by atoms with E-state index in [1.807, 2.05) is 25.1 Å². The summed E-state index contributed by atoms with van der Waals surface area (Å²) in [5, 5.41) is 0.636. The Hall–Kier alpha value is -2.53. The molecule has 0 spiro atoms. The molecule has 0 radical (unpaired) electrons. The Morgan fingerprint density at radius 2 is 1.92 bits per heavy atom. The second-order valence-electron chi connectivity index (χ2n) is 6.30. The molecule has 2 aromatic rings. The van der Waals surface area contributed by atoms with E-state index in [1.54, 1.807) is 41.0 Å². The Kier molecular flexibility index (Phi) is 5.18. The highest BCUT2D eigenvalue weighted by molar-refractivity contribution is 6.30. The van der Waals surface area contributed by atoms with Crippen LogP contribution in [0.1, 0.15) is 22.8 Å². The Labute approximate surface area is 158 Å². The summed E-state index contributed by atoms with van der Waals surface area (Å²) in [4.78, 5) is 29.2. The molecule has 26 heavy (non-hydrogen) atoms. The fourth-order valence-electron chi connectivity index (χ4n) is 3.28. The molecule has 1 aliphatic rings. The number of halogens is 1. The van der Waals surface area contributed by atoms with E-state index in [4.69, 9.17) is 16.3 Å². The third-order valence-corrected chi connectivity index (χ3v) is 4.94. The van der Waals surface area contributed by atoms with Gasteiger partial charge >= 0.3 is 0 Å². The highest BCUT2D eigenvalue weighted by atomic mass is 35.5. The third-order valence-electron chi connectivity index (χ3n) is 4.70. The minimum Gasteiger partial charge on any atom is -0.496 e. The van der Waals surface area contributed by atoms with E-state index in [-0.39, 0.29) is 11.8 Å². The largest absolute Gasteiger partial charge is 0.496 e. The van der Waals surface area contributed by atoms with Crippen LogP contribution in [0.4, 0.5) is 5.69 Å². The van der Waals surface area contributed by atoms with Crippen molar-refractivity contribution in [3.8, 4) is 5.75 Å². The molecule has 0 aromatic heterocycles. The average Bonchev–Trinajstić information content (AvgIpc) is 2.64. The maximum absolute atomic E-state index is 12.9. The van der Waals surface area contributed by atoms with E-state index in [0.29, 0.717) is 29.4 Å². The van der Waals surface area contributed by atoms with Crippen LogP contribution in [0.5, 0.6) is 5.75 Å². The highest BCUT2D eigenvalue weighted by Crippen LogP contribution is 2.28. The molecule has 2 aromatic carbocycles. The van der Waals surface area contributed by atoms with Gasteiger partial charge in [0, 0.05) is 23.8 Å². The summed E-state index contributed by atoms with van der Waals surface area (Å²) in [5.41, 5.74) is 2.23. The van der Waals surface area contributed by atoms with E-state index in [0.717, 1.165) is 11.3 Å². The highest BCUT2D eigenvalue weighted by Gasteiger charge is 2.36. The monoisotopic (exact) mass is 372 g/mol. The molecule has 0 aliphatic carbocycles. The number of carbonyl (C=O) groups excluding carboxylic acids is 2. The number of rotatable bonds is 3. The van der Waals surface area contributed by atoms with Gasteiger partial charge in [-0.15, -0.1) is 0 Å². The molecule has 6 heteroatoms. The topological polar surface area (TPSA) is 49.9 Å². The fourth-order valence-corrected chi connectivity index (χ4v) is 3.51. The van der Waals surface area contributed by atoms with Crippen LogP contribution in [0.2, 0.25) is 5.02 Å². The summed E-state index contributed by atoms with van der Waals surface area (Å²) in [6, 6.07) is 12.0. The van der Waals surface area contributed by atoms with Crippen molar-refractivity contribution in [3.63, 3.8) is 0 Å². The summed E-state index contributed by atoms with van der Waals surface area (Å²) in [6.45, 7) is 4.57. The third kappa shape index (κ3) is 3.27. The van der Waals surface area contributed by atoms with Gasteiger partial charge in [-0.2, -0.15) is 0 Å². The van der Waals surface area contributed by atoms with Crippen molar-refractivity contribution in [3.05, 3.63) is 58.6 Å². The van der Waals surface area contributed by atoms with Gasteiger partial charge in [0.15, 0.2) is 0 Å². The number of hydrogen-bond acceptors (Lipinski definition) is 3. The number of anilines is 1. The molecule has 2 amide bonds. The Morgan fingerprint density at radius 1 is 1.19 bits per heavy atom. The molecule has 1 aliphatic heterocycles. The van der Waals surface area contributed by atoms with Gasteiger partial charge in [0.05, 0.1) is 12.7 Å². The number of para-hydroxylation sites is 1. The summed E-state index contributed by atoms with van der Waals surface area (Å²) in [5.74, 6) is 0.203. The van der Waals surface area contributed by atoms with Crippen LogP contribution in [0, 0.1) is 6.92 Å². The standard InChI is InChI=1S/C20H21ClN2O3/c1-13-12-15(21)8-9-17(13)23-11-10-22(14(2)19(23)24)20(25)16-6-4-5-7-18(16)26-3/h4-9,12,14H,10-11H2,1-3H3/t14-/m1/s1. The Bertz CT molecular complexity index is 853. The number of piperazine rings is 1. The van der Waals surface area contributed by atoms with Crippen LogP contribution in [-0.4, -0.2) is 43.0 Å². The van der Waals surface area contributed by atoms with Gasteiger partial charge in [-0.25, -0.2) is 0 Å². The first-order valence-electron chi connectivity index (χ1n) is 8.45. The summed E-state index contributed by atoms with van der Waals surface area (Å²) in [7, 11) is 1.53. The first-order valence-corrected chi connectivity index (χ1v) is 8.83. The van der Waals surface area contributed by atoms with E-state index in [9.17, 15) is 9.59 Å². The molecule has 5 nitrogen and oxygen atoms in total. The summed E-state index contributed by atoms with van der Waals surface area (Å²) >= 11 is 6.01. The zero-order chi connectivity index (χ0) is 18.8. The van der Waals surface area contributed by atoms with Crippen molar-refractivity contribution in [2.75, 3.05) is 25.1 Å². The Balaban J connectivity index is 1.85. The number of aryl methyl sites for hydroxylation is 1. The molecule has 1 fully saturated rings. The molecule has 0 bridgehead atoms. The molecule has 1 atom stereocenters. The average molecular weight is 373 g/mol. The van der Waals surface area contributed by atoms with Crippen molar-refractivity contribution < 1.29 is 14.3 Å². The summed E-state index contributed by atoms with van der Waals surface area (Å²) in [6.07, 6.45) is 0. The van der Waals surface area contributed by atoms with Crippen LogP contribution in [0.15, 0.2) is 42.5 Å². The fraction of sp³-hybridized carbons (Fsp3) is 0.300. The SMILES string of the molecule is COc1ccccc1C(=O)N1CCN(c2ccc(Cl)cc2C)C(=O)[C@H]1C. The molecular weight excluding hydrogens is 352 g/mol. The zero-order valence-electron chi connectivity index (χ0n) is 15.0. The van der Waals surface area contributed by atoms with Crippen molar-refractivity contribution in [1.29, 1.82) is 0 Å². The molecule has 136 valence electrons. The van der Waals surface area contributed by atoms with Gasteiger partial charge in [-0.3, -0.25) is 9.59 Å². The van der Waals surface area contributed by atoms with E-state index in [2.05, 4.69) is 0 Å². The van der Waals surface area contributed by atoms with Gasteiger partial charge in [-0.05, 0) is 49.7 Å². The first-order chi connectivity index (χ1) is 12.4. The number of carbonyl (C=O) groups is 2. The van der Waals surface area contributed by atoms with E-state index in [1.165, 1.54) is 7.11 Å².